The van der Waals surface area contributed by atoms with Crippen LogP contribution in [0.5, 0.6) is 0 Å². The molecule has 1 aliphatic rings. The molecule has 5 atom stereocenters. The zero-order valence-electron chi connectivity index (χ0n) is 16.3. The van der Waals surface area contributed by atoms with E-state index in [1.165, 1.54) is 0 Å². The second-order valence-corrected chi connectivity index (χ2v) is 8.29. The van der Waals surface area contributed by atoms with E-state index in [-0.39, 0.29) is 0 Å². The van der Waals surface area contributed by atoms with E-state index < -0.39 is 70.9 Å². The zero-order valence-corrected chi connectivity index (χ0v) is 18.6. The fourth-order valence-corrected chi connectivity index (χ4v) is 2.60. The third kappa shape index (κ3) is 8.13. The summed E-state index contributed by atoms with van der Waals surface area (Å²) < 4.78 is 28.9. The van der Waals surface area contributed by atoms with Crippen LogP contribution in [0, 0.1) is 5.41 Å². The standard InChI is InChI=1S/C16H20Cl3NO10/c1-6(21)25-5-10-11(26-7(2)22)12(27-8(3)23)13(28-9(4)24)14(29-10)30-15(20)16(17,18)19/h10-14,20H,5H2,1-4H3/t10?,11-,12?,13?,14?/m0/s1. The first-order chi connectivity index (χ1) is 13.7. The van der Waals surface area contributed by atoms with Crippen molar-refractivity contribution < 1.29 is 47.6 Å². The fourth-order valence-electron chi connectivity index (χ4n) is 2.47. The molecule has 1 N–H and O–H groups in total. The van der Waals surface area contributed by atoms with Gasteiger partial charge in [-0.05, 0) is 0 Å². The van der Waals surface area contributed by atoms with Gasteiger partial charge >= 0.3 is 23.9 Å². The number of hydrogen-bond donors (Lipinski definition) is 1. The molecule has 170 valence electrons. The highest BCUT2D eigenvalue weighted by atomic mass is 35.6. The van der Waals surface area contributed by atoms with Crippen LogP contribution < -0.4 is 0 Å². The number of ether oxygens (including phenoxy) is 6. The minimum absolute atomic E-state index is 0.460. The molecule has 0 bridgehead atoms. The number of carbonyl (C=O) groups is 4. The van der Waals surface area contributed by atoms with Gasteiger partial charge in [0.25, 0.3) is 3.79 Å². The summed E-state index contributed by atoms with van der Waals surface area (Å²) in [5, 5.41) is 7.74. The molecule has 1 aliphatic heterocycles. The van der Waals surface area contributed by atoms with Gasteiger partial charge in [0.2, 0.25) is 18.3 Å². The third-order valence-electron chi connectivity index (χ3n) is 3.44. The van der Waals surface area contributed by atoms with Crippen LogP contribution in [0.4, 0.5) is 0 Å². The summed E-state index contributed by atoms with van der Waals surface area (Å²) in [7, 11) is 0. The van der Waals surface area contributed by atoms with Gasteiger partial charge in [0, 0.05) is 27.7 Å². The molecule has 1 fully saturated rings. The van der Waals surface area contributed by atoms with Crippen LogP contribution >= 0.6 is 34.8 Å². The van der Waals surface area contributed by atoms with Gasteiger partial charge in [0.15, 0.2) is 12.2 Å². The van der Waals surface area contributed by atoms with E-state index in [4.69, 9.17) is 68.6 Å². The van der Waals surface area contributed by atoms with Crippen LogP contribution in [0.3, 0.4) is 0 Å². The minimum atomic E-state index is -2.29. The lowest BCUT2D eigenvalue weighted by Gasteiger charge is -2.44. The molecule has 0 aromatic rings. The highest BCUT2D eigenvalue weighted by molar-refractivity contribution is 6.76. The Labute approximate surface area is 186 Å². The van der Waals surface area contributed by atoms with Crippen molar-refractivity contribution >= 4 is 64.6 Å². The van der Waals surface area contributed by atoms with Gasteiger partial charge in [-0.25, -0.2) is 0 Å². The number of esters is 4. The van der Waals surface area contributed by atoms with Crippen LogP contribution in [-0.2, 0) is 47.6 Å². The monoisotopic (exact) mass is 491 g/mol. The third-order valence-corrected chi connectivity index (χ3v) is 3.95. The maximum absolute atomic E-state index is 11.7. The zero-order chi connectivity index (χ0) is 23.2. The van der Waals surface area contributed by atoms with E-state index in [1.807, 2.05) is 0 Å². The van der Waals surface area contributed by atoms with E-state index in [0.29, 0.717) is 0 Å². The fraction of sp³-hybridized carbons (Fsp3) is 0.688. The van der Waals surface area contributed by atoms with Crippen LogP contribution in [0.25, 0.3) is 0 Å². The molecule has 14 heteroatoms. The van der Waals surface area contributed by atoms with Crippen LogP contribution in [0.2, 0.25) is 0 Å². The van der Waals surface area contributed by atoms with Crippen molar-refractivity contribution in [1.82, 2.24) is 0 Å². The average molecular weight is 493 g/mol. The van der Waals surface area contributed by atoms with Gasteiger partial charge < -0.3 is 28.4 Å². The summed E-state index contributed by atoms with van der Waals surface area (Å²) in [6, 6.07) is 0. The number of halogens is 3. The molecule has 0 spiro atoms. The second-order valence-electron chi connectivity index (χ2n) is 6.01. The predicted molar refractivity (Wildman–Crippen MR) is 101 cm³/mol. The second kappa shape index (κ2) is 11.0. The normalized spacial score (nSPS) is 26.2. The Morgan fingerprint density at radius 2 is 1.27 bits per heavy atom. The Hall–Kier alpha value is -1.82. The maximum atomic E-state index is 11.7. The highest BCUT2D eigenvalue weighted by Gasteiger charge is 2.54. The van der Waals surface area contributed by atoms with Crippen molar-refractivity contribution in [3.05, 3.63) is 0 Å². The summed E-state index contributed by atoms with van der Waals surface area (Å²) in [5.41, 5.74) is 0. The summed E-state index contributed by atoms with van der Waals surface area (Å²) in [6.45, 7) is 3.86. The van der Waals surface area contributed by atoms with Crippen molar-refractivity contribution in [1.29, 1.82) is 5.41 Å². The van der Waals surface area contributed by atoms with Crippen molar-refractivity contribution in [2.75, 3.05) is 6.61 Å². The molecule has 1 heterocycles. The van der Waals surface area contributed by atoms with Crippen molar-refractivity contribution in [3.8, 4) is 0 Å². The maximum Gasteiger partial charge on any atom is 0.303 e. The number of alkyl halides is 3. The molecular formula is C16H20Cl3NO10. The van der Waals surface area contributed by atoms with Gasteiger partial charge in [-0.1, -0.05) is 34.8 Å². The Balaban J connectivity index is 3.37. The van der Waals surface area contributed by atoms with Gasteiger partial charge in [0.1, 0.15) is 12.7 Å². The molecule has 0 saturated carbocycles. The Morgan fingerprint density at radius 3 is 1.70 bits per heavy atom. The number of rotatable bonds is 6. The van der Waals surface area contributed by atoms with Crippen LogP contribution in [0.15, 0.2) is 0 Å². The molecule has 0 aromatic carbocycles. The van der Waals surface area contributed by atoms with Crippen molar-refractivity contribution in [3.63, 3.8) is 0 Å². The van der Waals surface area contributed by atoms with Gasteiger partial charge in [-0.3, -0.25) is 24.6 Å². The largest absolute Gasteiger partial charge is 0.463 e. The minimum Gasteiger partial charge on any atom is -0.463 e. The summed E-state index contributed by atoms with van der Waals surface area (Å²) in [6.07, 6.45) is -7.25. The molecule has 0 radical (unpaired) electrons. The van der Waals surface area contributed by atoms with E-state index in [0.717, 1.165) is 27.7 Å². The Kier molecular flexibility index (Phi) is 9.60. The molecule has 0 aromatic heterocycles. The number of nitrogens with one attached hydrogen (secondary N) is 1. The summed E-state index contributed by atoms with van der Waals surface area (Å²) in [4.78, 5) is 46.1. The first-order valence-electron chi connectivity index (χ1n) is 8.35. The van der Waals surface area contributed by atoms with Crippen molar-refractivity contribution in [2.45, 2.75) is 62.2 Å². The smallest absolute Gasteiger partial charge is 0.303 e. The quantitative estimate of drug-likeness (QED) is 0.190. The number of hydrogen-bond acceptors (Lipinski definition) is 11. The summed E-state index contributed by atoms with van der Waals surface area (Å²) >= 11 is 16.8. The van der Waals surface area contributed by atoms with Crippen molar-refractivity contribution in [2.24, 2.45) is 0 Å². The van der Waals surface area contributed by atoms with E-state index >= 15 is 0 Å². The molecular weight excluding hydrogens is 473 g/mol. The van der Waals surface area contributed by atoms with Crippen LogP contribution in [-0.4, -0.2) is 70.9 Å². The van der Waals surface area contributed by atoms with Crippen LogP contribution in [0.1, 0.15) is 27.7 Å². The highest BCUT2D eigenvalue weighted by Crippen LogP contribution is 2.33. The molecule has 1 saturated heterocycles. The first-order valence-corrected chi connectivity index (χ1v) is 9.48. The molecule has 30 heavy (non-hydrogen) atoms. The van der Waals surface area contributed by atoms with Gasteiger partial charge in [-0.2, -0.15) is 0 Å². The van der Waals surface area contributed by atoms with Gasteiger partial charge in [0.05, 0.1) is 0 Å². The lowest BCUT2D eigenvalue weighted by Crippen LogP contribution is -2.63. The number of carbonyl (C=O) groups excluding carboxylic acids is 4. The molecule has 4 unspecified atom stereocenters. The van der Waals surface area contributed by atoms with E-state index in [2.05, 4.69) is 0 Å². The topological polar surface area (TPSA) is 148 Å². The Morgan fingerprint density at radius 1 is 0.800 bits per heavy atom. The lowest BCUT2D eigenvalue weighted by atomic mass is 9.98. The van der Waals surface area contributed by atoms with Gasteiger partial charge in [-0.15, -0.1) is 0 Å². The molecule has 1 rings (SSSR count). The molecule has 11 nitrogen and oxygen atoms in total. The van der Waals surface area contributed by atoms with E-state index in [9.17, 15) is 19.2 Å². The first kappa shape index (κ1) is 26.2. The molecule has 0 aliphatic carbocycles. The molecule has 0 amide bonds. The summed E-state index contributed by atoms with van der Waals surface area (Å²) in [5.74, 6) is -4.03. The lowest BCUT2D eigenvalue weighted by molar-refractivity contribution is -0.292. The average Bonchev–Trinajstić information content (AvgIpc) is 2.56. The van der Waals surface area contributed by atoms with E-state index in [1.54, 1.807) is 0 Å². The SMILES string of the molecule is CC(=O)OCC1OC(OC(=N)C(Cl)(Cl)Cl)C(OC(C)=O)C(OC(C)=O)[C@H]1OC(C)=O. The predicted octanol–water partition coefficient (Wildman–Crippen LogP) is 1.43. The Bertz CT molecular complexity index is 695.